The third-order valence-electron chi connectivity index (χ3n) is 3.91. The second kappa shape index (κ2) is 8.72. The van der Waals surface area contributed by atoms with Crippen molar-refractivity contribution < 1.29 is 13.9 Å². The summed E-state index contributed by atoms with van der Waals surface area (Å²) in [5.74, 6) is 4.59. The van der Waals surface area contributed by atoms with Crippen LogP contribution in [0.1, 0.15) is 41.1 Å². The predicted molar refractivity (Wildman–Crippen MR) is 104 cm³/mol. The monoisotopic (exact) mass is 377 g/mol. The maximum atomic E-state index is 12.0. The molecule has 2 heterocycles. The summed E-state index contributed by atoms with van der Waals surface area (Å²) in [6.45, 7) is 3.77. The van der Waals surface area contributed by atoms with Crippen LogP contribution in [-0.2, 0) is 4.79 Å². The van der Waals surface area contributed by atoms with Crippen molar-refractivity contribution in [1.29, 1.82) is 0 Å². The smallest absolute Gasteiger partial charge is 0.258 e. The molecule has 1 N–H and O–H groups in total. The Labute approximate surface area is 157 Å². The summed E-state index contributed by atoms with van der Waals surface area (Å²) in [5, 5.41) is 2.88. The van der Waals surface area contributed by atoms with Gasteiger partial charge >= 0.3 is 0 Å². The largest absolute Gasteiger partial charge is 0.484 e. The number of furan rings is 1. The highest BCUT2D eigenvalue weighted by molar-refractivity contribution is 8.16. The van der Waals surface area contributed by atoms with Crippen molar-refractivity contribution in [2.45, 2.75) is 30.9 Å². The topological polar surface area (TPSA) is 51.5 Å². The molecule has 25 heavy (non-hydrogen) atoms. The summed E-state index contributed by atoms with van der Waals surface area (Å²) in [6, 6.07) is 11.7. The first-order valence-corrected chi connectivity index (χ1v) is 10.5. The lowest BCUT2D eigenvalue weighted by atomic mass is 10.2. The van der Waals surface area contributed by atoms with Gasteiger partial charge in [0.25, 0.3) is 5.91 Å². The first-order chi connectivity index (χ1) is 12.1. The molecule has 1 saturated heterocycles. The molecule has 6 heteroatoms. The highest BCUT2D eigenvalue weighted by Gasteiger charge is 2.17. The van der Waals surface area contributed by atoms with Gasteiger partial charge in [-0.25, -0.2) is 0 Å². The van der Waals surface area contributed by atoms with E-state index in [4.69, 9.17) is 9.15 Å². The van der Waals surface area contributed by atoms with Gasteiger partial charge in [0.1, 0.15) is 17.3 Å². The molecule has 134 valence electrons. The number of amides is 1. The second-order valence-electron chi connectivity index (χ2n) is 6.02. The summed E-state index contributed by atoms with van der Waals surface area (Å²) in [5.41, 5.74) is 1.31. The molecule has 1 amide bonds. The van der Waals surface area contributed by atoms with E-state index in [-0.39, 0.29) is 18.6 Å². The van der Waals surface area contributed by atoms with E-state index in [9.17, 15) is 4.79 Å². The number of rotatable bonds is 6. The average Bonchev–Trinajstić information content (AvgIpc) is 3.08. The molecular weight excluding hydrogens is 354 g/mol. The minimum Gasteiger partial charge on any atom is -0.484 e. The van der Waals surface area contributed by atoms with E-state index in [1.807, 2.05) is 61.6 Å². The maximum Gasteiger partial charge on any atom is 0.258 e. The number of benzene rings is 1. The van der Waals surface area contributed by atoms with Crippen LogP contribution in [0.25, 0.3) is 0 Å². The lowest BCUT2D eigenvalue weighted by Crippen LogP contribution is -2.31. The normalized spacial score (nSPS) is 16.4. The minimum atomic E-state index is -0.174. The molecular formula is C19H23NO3S2. The summed E-state index contributed by atoms with van der Waals surface area (Å²) >= 11 is 3.99. The van der Waals surface area contributed by atoms with Crippen LogP contribution in [-0.4, -0.2) is 24.0 Å². The number of thioether (sulfide) groups is 2. The van der Waals surface area contributed by atoms with E-state index in [2.05, 4.69) is 17.4 Å². The van der Waals surface area contributed by atoms with Crippen molar-refractivity contribution in [2.75, 3.05) is 18.1 Å². The number of hydrogen-bond acceptors (Lipinski definition) is 5. The molecule has 1 aromatic heterocycles. The van der Waals surface area contributed by atoms with Crippen molar-refractivity contribution in [1.82, 2.24) is 5.32 Å². The van der Waals surface area contributed by atoms with Crippen molar-refractivity contribution in [2.24, 2.45) is 0 Å². The summed E-state index contributed by atoms with van der Waals surface area (Å²) in [4.78, 5) is 12.0. The van der Waals surface area contributed by atoms with Crippen LogP contribution < -0.4 is 10.1 Å². The molecule has 1 fully saturated rings. The van der Waals surface area contributed by atoms with Gasteiger partial charge in [0.2, 0.25) is 0 Å². The van der Waals surface area contributed by atoms with Crippen molar-refractivity contribution in [3.63, 3.8) is 0 Å². The molecule has 1 atom stereocenters. The first-order valence-electron chi connectivity index (χ1n) is 8.43. The van der Waals surface area contributed by atoms with Crippen molar-refractivity contribution >= 4 is 29.4 Å². The van der Waals surface area contributed by atoms with Gasteiger partial charge in [-0.2, -0.15) is 0 Å². The number of carbonyl (C=O) groups excluding carboxylic acids is 1. The van der Waals surface area contributed by atoms with Crippen LogP contribution in [0.4, 0.5) is 0 Å². The lowest BCUT2D eigenvalue weighted by Gasteiger charge is -2.21. The lowest BCUT2D eigenvalue weighted by molar-refractivity contribution is -0.123. The average molecular weight is 378 g/mol. The van der Waals surface area contributed by atoms with Gasteiger partial charge in [0.05, 0.1) is 10.6 Å². The van der Waals surface area contributed by atoms with Crippen LogP contribution in [0.15, 0.2) is 40.8 Å². The van der Waals surface area contributed by atoms with E-state index in [1.54, 1.807) is 0 Å². The van der Waals surface area contributed by atoms with Gasteiger partial charge in [0.15, 0.2) is 6.61 Å². The van der Waals surface area contributed by atoms with Crippen LogP contribution in [0, 0.1) is 6.92 Å². The molecule has 1 aliphatic heterocycles. The fourth-order valence-electron chi connectivity index (χ4n) is 2.59. The van der Waals surface area contributed by atoms with Crippen LogP contribution in [0.2, 0.25) is 0 Å². The predicted octanol–water partition coefficient (Wildman–Crippen LogP) is 4.71. The second-order valence-corrected chi connectivity index (χ2v) is 8.75. The Morgan fingerprint density at radius 3 is 2.60 bits per heavy atom. The molecule has 0 spiro atoms. The van der Waals surface area contributed by atoms with Crippen LogP contribution in [0.3, 0.4) is 0 Å². The summed E-state index contributed by atoms with van der Waals surface area (Å²) in [6.07, 6.45) is 1.29. The fraction of sp³-hybridized carbons (Fsp3) is 0.421. The number of hydrogen-bond donors (Lipinski definition) is 1. The zero-order valence-electron chi connectivity index (χ0n) is 14.5. The van der Waals surface area contributed by atoms with Gasteiger partial charge in [0, 0.05) is 0 Å². The number of ether oxygens (including phenoxy) is 1. The van der Waals surface area contributed by atoms with Crippen molar-refractivity contribution in [3.05, 3.63) is 53.5 Å². The van der Waals surface area contributed by atoms with E-state index in [0.717, 1.165) is 11.5 Å². The SMILES string of the molecule is Cc1ccc(C(C)NC(=O)COc2ccc(C3SCCCS3)cc2)o1. The van der Waals surface area contributed by atoms with Gasteiger partial charge in [-0.1, -0.05) is 12.1 Å². The van der Waals surface area contributed by atoms with Crippen molar-refractivity contribution in [3.8, 4) is 5.75 Å². The molecule has 1 aromatic carbocycles. The fourth-order valence-corrected chi connectivity index (χ4v) is 5.49. The summed E-state index contributed by atoms with van der Waals surface area (Å²) in [7, 11) is 0. The number of nitrogens with one attached hydrogen (secondary N) is 1. The van der Waals surface area contributed by atoms with Gasteiger partial charge < -0.3 is 14.5 Å². The van der Waals surface area contributed by atoms with Crippen LogP contribution in [0.5, 0.6) is 5.75 Å². The van der Waals surface area contributed by atoms with E-state index in [1.165, 1.54) is 23.5 Å². The quantitative estimate of drug-likeness (QED) is 0.790. The molecule has 1 unspecified atom stereocenters. The molecule has 0 radical (unpaired) electrons. The molecule has 4 nitrogen and oxygen atoms in total. The Morgan fingerprint density at radius 2 is 1.96 bits per heavy atom. The molecule has 0 bridgehead atoms. The third-order valence-corrected chi connectivity index (χ3v) is 6.93. The van der Waals surface area contributed by atoms with Gasteiger partial charge in [-0.3, -0.25) is 4.79 Å². The summed E-state index contributed by atoms with van der Waals surface area (Å²) < 4.78 is 11.6. The zero-order valence-corrected chi connectivity index (χ0v) is 16.1. The van der Waals surface area contributed by atoms with Gasteiger partial charge in [-0.15, -0.1) is 23.5 Å². The Morgan fingerprint density at radius 1 is 1.24 bits per heavy atom. The Hall–Kier alpha value is -1.53. The van der Waals surface area contributed by atoms with E-state index >= 15 is 0 Å². The number of carbonyl (C=O) groups is 1. The first kappa shape index (κ1) is 18.3. The Kier molecular flexibility index (Phi) is 6.37. The molecule has 0 saturated carbocycles. The Bertz CT molecular complexity index is 693. The van der Waals surface area contributed by atoms with E-state index in [0.29, 0.717) is 10.3 Å². The highest BCUT2D eigenvalue weighted by Crippen LogP contribution is 2.43. The molecule has 3 rings (SSSR count). The van der Waals surface area contributed by atoms with E-state index < -0.39 is 0 Å². The molecule has 2 aromatic rings. The number of aryl methyl sites for hydroxylation is 1. The maximum absolute atomic E-state index is 12.0. The highest BCUT2D eigenvalue weighted by atomic mass is 32.2. The third kappa shape index (κ3) is 5.22. The zero-order chi connectivity index (χ0) is 17.6. The molecule has 1 aliphatic rings. The van der Waals surface area contributed by atoms with Gasteiger partial charge in [-0.05, 0) is 61.6 Å². The molecule has 0 aliphatic carbocycles. The standard InChI is InChI=1S/C19H23NO3S2/c1-13-4-9-17(23-13)14(2)20-18(21)12-22-16-7-5-15(6-8-16)19-24-10-3-11-25-19/h4-9,14,19H,3,10-12H2,1-2H3,(H,20,21). The minimum absolute atomic E-state index is 0.00366. The van der Waals surface area contributed by atoms with Crippen LogP contribution >= 0.6 is 23.5 Å². The Balaban J connectivity index is 1.46.